The van der Waals surface area contributed by atoms with Crippen molar-refractivity contribution >= 4 is 0 Å². The average Bonchev–Trinajstić information content (AvgIpc) is 2.33. The van der Waals surface area contributed by atoms with Gasteiger partial charge in [0, 0.05) is 0 Å². The fourth-order valence-electron chi connectivity index (χ4n) is 1.19. The third-order valence-corrected chi connectivity index (χ3v) is 2.70. The molecule has 0 aliphatic rings. The second-order valence-corrected chi connectivity index (χ2v) is 4.25. The smallest absolute Gasteiger partial charge is 0.392 e. The highest BCUT2D eigenvalue weighted by atomic mass is 19.4. The molecule has 0 amide bonds. The third kappa shape index (κ3) is 2.65. The van der Waals surface area contributed by atoms with Crippen molar-refractivity contribution in [3.63, 3.8) is 0 Å². The Morgan fingerprint density at radius 1 is 0.417 bits per heavy atom. The summed E-state index contributed by atoms with van der Waals surface area (Å²) in [6, 6.07) is 0. The highest BCUT2D eigenvalue weighted by molar-refractivity contribution is 5.14. The van der Waals surface area contributed by atoms with Crippen molar-refractivity contribution < 1.29 is 71.0 Å². The summed E-state index contributed by atoms with van der Waals surface area (Å²) in [5, 5.41) is 7.89. The first-order chi connectivity index (χ1) is 10.1. The van der Waals surface area contributed by atoms with Gasteiger partial charge in [-0.05, 0) is 0 Å². The largest absolute Gasteiger partial charge is 0.460 e. The van der Waals surface area contributed by atoms with Gasteiger partial charge in [0.1, 0.15) is 0 Å². The fraction of sp³-hybridized carbons (Fsp3) is 1.00. The maximum atomic E-state index is 13.1. The van der Waals surface area contributed by atoms with Gasteiger partial charge >= 0.3 is 36.0 Å². The SMILES string of the molecule is OCC(F)(C(F)(F)F)C(F)(F)C(F)(F)C(F)(F)C(F)(F)C(F)(F)F. The van der Waals surface area contributed by atoms with E-state index in [1.165, 1.54) is 0 Å². The molecular formula is C8H3F15O. The lowest BCUT2D eigenvalue weighted by Gasteiger charge is -2.42. The van der Waals surface area contributed by atoms with Crippen molar-refractivity contribution in [2.75, 3.05) is 6.61 Å². The molecule has 0 bridgehead atoms. The van der Waals surface area contributed by atoms with Gasteiger partial charge in [-0.25, -0.2) is 4.39 Å². The lowest BCUT2D eigenvalue weighted by Crippen LogP contribution is -2.74. The van der Waals surface area contributed by atoms with Crippen LogP contribution in [0.4, 0.5) is 65.9 Å². The van der Waals surface area contributed by atoms with Crippen LogP contribution in [0.2, 0.25) is 0 Å². The summed E-state index contributed by atoms with van der Waals surface area (Å²) in [4.78, 5) is 0. The Kier molecular flexibility index (Phi) is 5.21. The topological polar surface area (TPSA) is 20.2 Å². The first-order valence-electron chi connectivity index (χ1n) is 5.00. The molecule has 1 N–H and O–H groups in total. The first-order valence-corrected chi connectivity index (χ1v) is 5.00. The molecule has 0 rings (SSSR count). The van der Waals surface area contributed by atoms with Crippen LogP contribution in [-0.4, -0.2) is 53.4 Å². The quantitative estimate of drug-likeness (QED) is 0.681. The molecule has 0 fully saturated rings. The van der Waals surface area contributed by atoms with Crippen LogP contribution in [0.1, 0.15) is 0 Å². The number of hydrogen-bond donors (Lipinski definition) is 1. The standard InChI is InChI=1S/C8H3F15O/c9-2(1-24,7(18,19)20)3(10,11)4(12,13)5(14,15)6(16,17)8(21,22)23/h24H,1H2. The molecule has 24 heavy (non-hydrogen) atoms. The van der Waals surface area contributed by atoms with Gasteiger partial charge in [-0.2, -0.15) is 61.5 Å². The summed E-state index contributed by atoms with van der Waals surface area (Å²) >= 11 is 0. The molecule has 0 aromatic rings. The molecule has 0 aromatic carbocycles. The second-order valence-electron chi connectivity index (χ2n) is 4.25. The van der Waals surface area contributed by atoms with Gasteiger partial charge in [-0.15, -0.1) is 0 Å². The summed E-state index contributed by atoms with van der Waals surface area (Å²) in [7, 11) is 0. The van der Waals surface area contributed by atoms with Crippen LogP contribution in [0.5, 0.6) is 0 Å². The zero-order valence-electron chi connectivity index (χ0n) is 10.3. The second kappa shape index (κ2) is 5.45. The molecule has 1 unspecified atom stereocenters. The van der Waals surface area contributed by atoms with Crippen molar-refractivity contribution in [2.45, 2.75) is 41.7 Å². The lowest BCUT2D eigenvalue weighted by atomic mass is 9.87. The number of rotatable bonds is 5. The van der Waals surface area contributed by atoms with Crippen LogP contribution < -0.4 is 0 Å². The van der Waals surface area contributed by atoms with E-state index in [9.17, 15) is 65.9 Å². The van der Waals surface area contributed by atoms with E-state index in [1.807, 2.05) is 0 Å². The zero-order valence-corrected chi connectivity index (χ0v) is 10.3. The number of aliphatic hydroxyl groups is 1. The molecule has 0 aliphatic carbocycles. The van der Waals surface area contributed by atoms with Crippen LogP contribution in [0.3, 0.4) is 0 Å². The van der Waals surface area contributed by atoms with E-state index in [0.29, 0.717) is 0 Å². The van der Waals surface area contributed by atoms with Crippen molar-refractivity contribution in [3.8, 4) is 0 Å². The van der Waals surface area contributed by atoms with E-state index >= 15 is 0 Å². The van der Waals surface area contributed by atoms with Gasteiger partial charge in [0.2, 0.25) is 0 Å². The van der Waals surface area contributed by atoms with Gasteiger partial charge in [-0.1, -0.05) is 0 Å². The monoisotopic (exact) mass is 400 g/mol. The highest BCUT2D eigenvalue weighted by Crippen LogP contribution is 2.61. The Labute approximate surface area is 121 Å². The summed E-state index contributed by atoms with van der Waals surface area (Å²) in [5.41, 5.74) is -6.95. The molecule has 0 aromatic heterocycles. The Morgan fingerprint density at radius 3 is 0.917 bits per heavy atom. The molecule has 0 spiro atoms. The normalized spacial score (nSPS) is 18.5. The Balaban J connectivity index is 6.51. The van der Waals surface area contributed by atoms with Gasteiger partial charge < -0.3 is 5.11 Å². The van der Waals surface area contributed by atoms with E-state index in [0.717, 1.165) is 0 Å². The predicted molar refractivity (Wildman–Crippen MR) is 42.8 cm³/mol. The van der Waals surface area contributed by atoms with E-state index in [1.54, 1.807) is 0 Å². The van der Waals surface area contributed by atoms with E-state index in [2.05, 4.69) is 0 Å². The lowest BCUT2D eigenvalue weighted by molar-refractivity contribution is -0.447. The van der Waals surface area contributed by atoms with Crippen LogP contribution in [0, 0.1) is 0 Å². The molecule has 1 nitrogen and oxygen atoms in total. The minimum Gasteiger partial charge on any atom is -0.392 e. The maximum absolute atomic E-state index is 13.1. The van der Waals surface area contributed by atoms with Gasteiger partial charge in [0.25, 0.3) is 5.67 Å². The molecule has 0 saturated carbocycles. The molecule has 0 radical (unpaired) electrons. The van der Waals surface area contributed by atoms with Crippen molar-refractivity contribution in [2.24, 2.45) is 0 Å². The Bertz CT molecular complexity index is 459. The minimum atomic E-state index is -8.22. The predicted octanol–water partition coefficient (Wildman–Crippen LogP) is 4.35. The van der Waals surface area contributed by atoms with E-state index in [4.69, 9.17) is 5.11 Å². The Hall–Kier alpha value is -1.09. The number of aliphatic hydroxyl groups excluding tert-OH is 1. The first kappa shape index (κ1) is 22.9. The van der Waals surface area contributed by atoms with Crippen LogP contribution in [0.25, 0.3) is 0 Å². The molecule has 146 valence electrons. The Morgan fingerprint density at radius 2 is 0.708 bits per heavy atom. The molecule has 0 heterocycles. The summed E-state index contributed by atoms with van der Waals surface area (Å²) in [6.45, 7) is -3.67. The van der Waals surface area contributed by atoms with Gasteiger partial charge in [0.05, 0.1) is 6.61 Å². The third-order valence-electron chi connectivity index (χ3n) is 2.70. The summed E-state index contributed by atoms with van der Waals surface area (Å²) < 4.78 is 186. The minimum absolute atomic E-state index is 3.67. The number of halogens is 15. The zero-order chi connectivity index (χ0) is 20.2. The number of alkyl halides is 15. The molecular weight excluding hydrogens is 397 g/mol. The maximum Gasteiger partial charge on any atom is 0.460 e. The summed E-state index contributed by atoms with van der Waals surface area (Å²) in [6.07, 6.45) is -14.8. The molecule has 16 heteroatoms. The van der Waals surface area contributed by atoms with Gasteiger partial charge in [-0.3, -0.25) is 0 Å². The molecule has 0 saturated heterocycles. The summed E-state index contributed by atoms with van der Waals surface area (Å²) in [5.74, 6) is -32.3. The fourth-order valence-corrected chi connectivity index (χ4v) is 1.19. The van der Waals surface area contributed by atoms with Crippen LogP contribution in [-0.2, 0) is 0 Å². The van der Waals surface area contributed by atoms with Crippen molar-refractivity contribution in [3.05, 3.63) is 0 Å². The van der Waals surface area contributed by atoms with E-state index in [-0.39, 0.29) is 0 Å². The average molecular weight is 400 g/mol. The molecule has 1 atom stereocenters. The number of hydrogen-bond acceptors (Lipinski definition) is 1. The van der Waals surface area contributed by atoms with Crippen LogP contribution >= 0.6 is 0 Å². The molecule has 0 aliphatic heterocycles. The van der Waals surface area contributed by atoms with Crippen molar-refractivity contribution in [1.29, 1.82) is 0 Å². The highest BCUT2D eigenvalue weighted by Gasteiger charge is 2.92. The van der Waals surface area contributed by atoms with Crippen molar-refractivity contribution in [1.82, 2.24) is 0 Å². The van der Waals surface area contributed by atoms with Crippen LogP contribution in [0.15, 0.2) is 0 Å². The van der Waals surface area contributed by atoms with E-state index < -0.39 is 48.3 Å². The van der Waals surface area contributed by atoms with Gasteiger partial charge in [0.15, 0.2) is 0 Å².